The fourth-order valence-electron chi connectivity index (χ4n) is 1.85. The first-order valence-electron chi connectivity index (χ1n) is 4.79. The predicted octanol–water partition coefficient (Wildman–Crippen LogP) is 3.81. The lowest BCUT2D eigenvalue weighted by atomic mass is 9.77. The van der Waals surface area contributed by atoms with Crippen molar-refractivity contribution in [3.63, 3.8) is 0 Å². The number of hydrogen-bond acceptors (Lipinski definition) is 1. The summed E-state index contributed by atoms with van der Waals surface area (Å²) in [7, 11) is 0. The molecule has 0 amide bonds. The Hall–Kier alpha value is -1.03. The third-order valence-electron chi connectivity index (χ3n) is 2.77. The third-order valence-corrected chi connectivity index (χ3v) is 3.10. The number of rotatable bonds is 1. The van der Waals surface area contributed by atoms with Crippen LogP contribution in [0, 0.1) is 0 Å². The van der Waals surface area contributed by atoms with Crippen LogP contribution < -0.4 is 0 Å². The van der Waals surface area contributed by atoms with Gasteiger partial charge in [0.2, 0.25) is 0 Å². The van der Waals surface area contributed by atoms with E-state index in [2.05, 4.69) is 0 Å². The minimum absolute atomic E-state index is 0.0212. The molecule has 1 fully saturated rings. The van der Waals surface area contributed by atoms with E-state index in [1.54, 1.807) is 0 Å². The van der Waals surface area contributed by atoms with Gasteiger partial charge in [-0.25, -0.2) is 0 Å². The summed E-state index contributed by atoms with van der Waals surface area (Å²) in [5, 5.41) is 0.0212. The largest absolute Gasteiger partial charge is 0.416 e. The molecule has 1 unspecified atom stereocenters. The highest BCUT2D eigenvalue weighted by Gasteiger charge is 2.40. The lowest BCUT2D eigenvalue weighted by Gasteiger charge is -2.27. The second kappa shape index (κ2) is 3.77. The summed E-state index contributed by atoms with van der Waals surface area (Å²) >= 11 is 5.76. The van der Waals surface area contributed by atoms with Crippen molar-refractivity contribution >= 4 is 17.4 Å². The summed E-state index contributed by atoms with van der Waals surface area (Å²) in [5.74, 6) is -0.844. The average Bonchev–Trinajstić information content (AvgIpc) is 2.17. The molecule has 1 nitrogen and oxygen atoms in total. The molecule has 1 aromatic rings. The van der Waals surface area contributed by atoms with Crippen LogP contribution in [0.4, 0.5) is 13.2 Å². The summed E-state index contributed by atoms with van der Waals surface area (Å²) < 4.78 is 38.1. The van der Waals surface area contributed by atoms with Crippen molar-refractivity contribution in [2.45, 2.75) is 24.9 Å². The zero-order valence-electron chi connectivity index (χ0n) is 8.14. The van der Waals surface area contributed by atoms with Gasteiger partial charge in [0, 0.05) is 17.4 Å². The number of halogens is 4. The molecule has 0 spiro atoms. The molecule has 0 N–H and O–H groups in total. The molecule has 16 heavy (non-hydrogen) atoms. The van der Waals surface area contributed by atoms with E-state index >= 15 is 0 Å². The van der Waals surface area contributed by atoms with E-state index < -0.39 is 17.7 Å². The quantitative estimate of drug-likeness (QED) is 0.739. The van der Waals surface area contributed by atoms with Gasteiger partial charge in [0.15, 0.2) is 0 Å². The van der Waals surface area contributed by atoms with E-state index in [-0.39, 0.29) is 16.4 Å². The molecule has 0 saturated heterocycles. The highest BCUT2D eigenvalue weighted by Crippen LogP contribution is 2.44. The predicted molar refractivity (Wildman–Crippen MR) is 53.4 cm³/mol. The Labute approximate surface area is 95.2 Å². The monoisotopic (exact) mass is 248 g/mol. The zero-order valence-corrected chi connectivity index (χ0v) is 8.90. The molecule has 0 aliphatic heterocycles. The van der Waals surface area contributed by atoms with Crippen molar-refractivity contribution in [2.24, 2.45) is 0 Å². The lowest BCUT2D eigenvalue weighted by molar-refractivity contribution is -0.139. The summed E-state index contributed by atoms with van der Waals surface area (Å²) in [5.41, 5.74) is -0.856. The molecule has 0 aromatic heterocycles. The molecule has 0 heterocycles. The maximum Gasteiger partial charge on any atom is 0.416 e. The third kappa shape index (κ3) is 1.82. The minimum atomic E-state index is -4.46. The number of ketones is 1. The molecule has 2 rings (SSSR count). The smallest absolute Gasteiger partial charge is 0.299 e. The van der Waals surface area contributed by atoms with Crippen molar-refractivity contribution in [1.82, 2.24) is 0 Å². The van der Waals surface area contributed by atoms with Gasteiger partial charge in [-0.3, -0.25) is 4.79 Å². The summed E-state index contributed by atoms with van der Waals surface area (Å²) in [6.45, 7) is 0. The van der Waals surface area contributed by atoms with E-state index in [9.17, 15) is 18.0 Å². The Morgan fingerprint density at radius 2 is 2.00 bits per heavy atom. The number of carbonyl (C=O) groups is 1. The van der Waals surface area contributed by atoms with Gasteiger partial charge >= 0.3 is 6.18 Å². The maximum absolute atomic E-state index is 12.7. The Morgan fingerprint density at radius 3 is 2.44 bits per heavy atom. The van der Waals surface area contributed by atoms with Crippen LogP contribution in [0.3, 0.4) is 0 Å². The van der Waals surface area contributed by atoms with Gasteiger partial charge in [0.25, 0.3) is 0 Å². The first-order valence-corrected chi connectivity index (χ1v) is 5.17. The summed E-state index contributed by atoms with van der Waals surface area (Å²) in [6, 6.07) is 3.60. The van der Waals surface area contributed by atoms with Crippen LogP contribution in [0.5, 0.6) is 0 Å². The maximum atomic E-state index is 12.7. The molecule has 1 aliphatic rings. The van der Waals surface area contributed by atoms with Crippen molar-refractivity contribution in [3.8, 4) is 0 Å². The molecule has 86 valence electrons. The molecule has 1 aliphatic carbocycles. The number of alkyl halides is 3. The van der Waals surface area contributed by atoms with Crippen LogP contribution in [0.15, 0.2) is 18.2 Å². The zero-order chi connectivity index (χ0) is 11.9. The fraction of sp³-hybridized carbons (Fsp3) is 0.364. The van der Waals surface area contributed by atoms with Crippen molar-refractivity contribution in [1.29, 1.82) is 0 Å². The molecular weight excluding hydrogens is 241 g/mol. The van der Waals surface area contributed by atoms with Crippen LogP contribution in [-0.4, -0.2) is 5.78 Å². The molecule has 1 saturated carbocycles. The number of Topliss-reactive ketones (excluding diaryl/α,β-unsaturated/α-hetero) is 1. The van der Waals surface area contributed by atoms with Crippen molar-refractivity contribution < 1.29 is 18.0 Å². The fourth-order valence-corrected chi connectivity index (χ4v) is 2.16. The summed E-state index contributed by atoms with van der Waals surface area (Å²) in [6.07, 6.45) is -3.67. The van der Waals surface area contributed by atoms with Crippen LogP contribution in [0.1, 0.15) is 29.9 Å². The van der Waals surface area contributed by atoms with Gasteiger partial charge in [-0.05, 0) is 24.1 Å². The Bertz CT molecular complexity index is 439. The van der Waals surface area contributed by atoms with Gasteiger partial charge in [-0.15, -0.1) is 0 Å². The van der Waals surface area contributed by atoms with Crippen LogP contribution in [-0.2, 0) is 11.0 Å². The van der Waals surface area contributed by atoms with Crippen molar-refractivity contribution in [3.05, 3.63) is 34.3 Å². The number of hydrogen-bond donors (Lipinski definition) is 0. The molecule has 1 atom stereocenters. The lowest BCUT2D eigenvalue weighted by Crippen LogP contribution is -2.26. The van der Waals surface area contributed by atoms with Crippen LogP contribution in [0.2, 0.25) is 5.02 Å². The standard InChI is InChI=1S/C11H8ClF3O/c12-8-3-1-2-7(11(13,14)15)10(8)6-4-5-9(6)16/h1-3,6H,4-5H2. The minimum Gasteiger partial charge on any atom is -0.299 e. The average molecular weight is 249 g/mol. The SMILES string of the molecule is O=C1CCC1c1c(Cl)cccc1C(F)(F)F. The van der Waals surface area contributed by atoms with E-state index in [1.807, 2.05) is 0 Å². The first-order chi connectivity index (χ1) is 7.41. The second-order valence-electron chi connectivity index (χ2n) is 3.76. The van der Waals surface area contributed by atoms with Gasteiger partial charge in [0.1, 0.15) is 5.78 Å². The van der Waals surface area contributed by atoms with Gasteiger partial charge in [-0.2, -0.15) is 13.2 Å². The topological polar surface area (TPSA) is 17.1 Å². The van der Waals surface area contributed by atoms with Crippen molar-refractivity contribution in [2.75, 3.05) is 0 Å². The first kappa shape index (κ1) is 11.5. The van der Waals surface area contributed by atoms with E-state index in [0.717, 1.165) is 6.07 Å². The van der Waals surface area contributed by atoms with Gasteiger partial charge < -0.3 is 0 Å². The molecular formula is C11H8ClF3O. The molecule has 5 heteroatoms. The Balaban J connectivity index is 2.53. The highest BCUT2D eigenvalue weighted by atomic mass is 35.5. The van der Waals surface area contributed by atoms with Gasteiger partial charge in [-0.1, -0.05) is 17.7 Å². The normalized spacial score (nSPS) is 20.8. The molecule has 0 bridgehead atoms. The second-order valence-corrected chi connectivity index (χ2v) is 4.16. The number of benzene rings is 1. The number of carbonyl (C=O) groups excluding carboxylic acids is 1. The van der Waals surface area contributed by atoms with E-state index in [4.69, 9.17) is 11.6 Å². The van der Waals surface area contributed by atoms with E-state index in [0.29, 0.717) is 12.8 Å². The van der Waals surface area contributed by atoms with Crippen LogP contribution >= 0.6 is 11.6 Å². The van der Waals surface area contributed by atoms with Gasteiger partial charge in [0.05, 0.1) is 5.56 Å². The molecule has 0 radical (unpaired) electrons. The summed E-state index contributed by atoms with van der Waals surface area (Å²) in [4.78, 5) is 11.2. The Morgan fingerprint density at radius 1 is 1.31 bits per heavy atom. The molecule has 1 aromatic carbocycles. The van der Waals surface area contributed by atoms with Crippen LogP contribution in [0.25, 0.3) is 0 Å². The highest BCUT2D eigenvalue weighted by molar-refractivity contribution is 6.31. The van der Waals surface area contributed by atoms with E-state index in [1.165, 1.54) is 12.1 Å². The Kier molecular flexibility index (Phi) is 2.70.